The molecule has 0 saturated heterocycles. The lowest BCUT2D eigenvalue weighted by atomic mass is 9.84. The van der Waals surface area contributed by atoms with Gasteiger partial charge in [-0.1, -0.05) is 32.4 Å². The van der Waals surface area contributed by atoms with Crippen LogP contribution in [0.3, 0.4) is 0 Å². The Labute approximate surface area is 109 Å². The van der Waals surface area contributed by atoms with Crippen molar-refractivity contribution in [2.24, 2.45) is 5.92 Å². The molecule has 0 aliphatic carbocycles. The zero-order valence-electron chi connectivity index (χ0n) is 11.3. The van der Waals surface area contributed by atoms with Crippen LogP contribution in [0.15, 0.2) is 24.3 Å². The van der Waals surface area contributed by atoms with Crippen molar-refractivity contribution in [2.45, 2.75) is 39.5 Å². The van der Waals surface area contributed by atoms with Crippen LogP contribution in [0.5, 0.6) is 5.75 Å². The molecule has 1 N–H and O–H groups in total. The van der Waals surface area contributed by atoms with E-state index in [4.69, 9.17) is 4.74 Å². The second-order valence-corrected chi connectivity index (χ2v) is 4.58. The summed E-state index contributed by atoms with van der Waals surface area (Å²) >= 11 is 0. The summed E-state index contributed by atoms with van der Waals surface area (Å²) < 4.78 is 5.36. The van der Waals surface area contributed by atoms with Gasteiger partial charge in [-0.2, -0.15) is 0 Å². The molecule has 0 saturated carbocycles. The molecule has 3 heteroatoms. The molecule has 1 rings (SSSR count). The molecule has 2 atom stereocenters. The summed E-state index contributed by atoms with van der Waals surface area (Å²) in [5.74, 6) is -0.250. The van der Waals surface area contributed by atoms with Crippen molar-refractivity contribution >= 4 is 5.97 Å². The fraction of sp³-hybridized carbons (Fsp3) is 0.533. The van der Waals surface area contributed by atoms with E-state index in [-0.39, 0.29) is 5.92 Å². The van der Waals surface area contributed by atoms with Gasteiger partial charge in [0, 0.05) is 0 Å². The van der Waals surface area contributed by atoms with E-state index in [0.29, 0.717) is 6.61 Å². The lowest BCUT2D eigenvalue weighted by molar-refractivity contribution is -0.140. The third kappa shape index (κ3) is 3.76. The highest BCUT2D eigenvalue weighted by Gasteiger charge is 2.25. The van der Waals surface area contributed by atoms with Crippen LogP contribution in [-0.4, -0.2) is 17.7 Å². The Morgan fingerprint density at radius 3 is 2.33 bits per heavy atom. The number of hydrogen-bond donors (Lipinski definition) is 1. The molecule has 0 bridgehead atoms. The van der Waals surface area contributed by atoms with E-state index in [0.717, 1.165) is 24.2 Å². The zero-order chi connectivity index (χ0) is 13.5. The summed E-state index contributed by atoms with van der Waals surface area (Å²) in [5, 5.41) is 9.37. The molecule has 3 nitrogen and oxygen atoms in total. The van der Waals surface area contributed by atoms with Crippen molar-refractivity contribution in [2.75, 3.05) is 6.61 Å². The van der Waals surface area contributed by atoms with Crippen LogP contribution in [0.4, 0.5) is 0 Å². The molecule has 1 aromatic rings. The van der Waals surface area contributed by atoms with Crippen molar-refractivity contribution in [1.29, 1.82) is 0 Å². The zero-order valence-corrected chi connectivity index (χ0v) is 11.3. The Morgan fingerprint density at radius 1 is 1.28 bits per heavy atom. The first-order chi connectivity index (χ1) is 8.60. The highest BCUT2D eigenvalue weighted by molar-refractivity contribution is 5.76. The van der Waals surface area contributed by atoms with Crippen LogP contribution in [0.25, 0.3) is 0 Å². The molecule has 0 fully saturated rings. The van der Waals surface area contributed by atoms with E-state index in [9.17, 15) is 9.90 Å². The van der Waals surface area contributed by atoms with Crippen molar-refractivity contribution in [3.63, 3.8) is 0 Å². The van der Waals surface area contributed by atoms with E-state index in [1.807, 2.05) is 38.1 Å². The highest BCUT2D eigenvalue weighted by Crippen LogP contribution is 2.29. The van der Waals surface area contributed by atoms with Gasteiger partial charge in [-0.05, 0) is 37.0 Å². The van der Waals surface area contributed by atoms with Gasteiger partial charge in [0.1, 0.15) is 5.75 Å². The van der Waals surface area contributed by atoms with Gasteiger partial charge in [-0.3, -0.25) is 4.79 Å². The Kier molecular flexibility index (Phi) is 5.69. The average molecular weight is 250 g/mol. The van der Waals surface area contributed by atoms with Crippen LogP contribution < -0.4 is 4.74 Å². The molecule has 0 aromatic heterocycles. The maximum atomic E-state index is 11.4. The van der Waals surface area contributed by atoms with Gasteiger partial charge < -0.3 is 9.84 Å². The summed E-state index contributed by atoms with van der Waals surface area (Å²) in [4.78, 5) is 11.4. The molecule has 0 radical (unpaired) electrons. The number of carbonyl (C=O) groups is 1. The summed E-state index contributed by atoms with van der Waals surface area (Å²) in [6.07, 6.45) is 1.92. The topological polar surface area (TPSA) is 46.5 Å². The highest BCUT2D eigenvalue weighted by atomic mass is 16.5. The van der Waals surface area contributed by atoms with Crippen LogP contribution >= 0.6 is 0 Å². The Morgan fingerprint density at radius 2 is 1.89 bits per heavy atom. The van der Waals surface area contributed by atoms with Gasteiger partial charge in [-0.25, -0.2) is 0 Å². The fourth-order valence-corrected chi connectivity index (χ4v) is 2.27. The lowest BCUT2D eigenvalue weighted by Gasteiger charge is -2.20. The standard InChI is InChI=1S/C15H22O3/c1-4-6-11(3)14(15(16)17)12-7-9-13(10-8-12)18-5-2/h7-11,14H,4-6H2,1-3H3,(H,16,17). The molecule has 1 aromatic carbocycles. The minimum Gasteiger partial charge on any atom is -0.494 e. The monoisotopic (exact) mass is 250 g/mol. The summed E-state index contributed by atoms with van der Waals surface area (Å²) in [5.41, 5.74) is 0.854. The molecule has 0 spiro atoms. The number of hydrogen-bond acceptors (Lipinski definition) is 2. The molecule has 100 valence electrons. The Balaban J connectivity index is 2.88. The maximum absolute atomic E-state index is 11.4. The largest absolute Gasteiger partial charge is 0.494 e. The third-order valence-corrected chi connectivity index (χ3v) is 3.13. The average Bonchev–Trinajstić information content (AvgIpc) is 2.32. The number of benzene rings is 1. The number of rotatable bonds is 7. The fourth-order valence-electron chi connectivity index (χ4n) is 2.27. The van der Waals surface area contributed by atoms with Crippen LogP contribution in [0, 0.1) is 5.92 Å². The predicted molar refractivity (Wildman–Crippen MR) is 72.1 cm³/mol. The normalized spacial score (nSPS) is 13.9. The molecule has 18 heavy (non-hydrogen) atoms. The van der Waals surface area contributed by atoms with Gasteiger partial charge in [0.05, 0.1) is 12.5 Å². The Hall–Kier alpha value is -1.51. The number of carboxylic acid groups (broad SMARTS) is 1. The number of ether oxygens (including phenoxy) is 1. The lowest BCUT2D eigenvalue weighted by Crippen LogP contribution is -2.19. The van der Waals surface area contributed by atoms with Gasteiger partial charge in [0.2, 0.25) is 0 Å². The van der Waals surface area contributed by atoms with Crippen LogP contribution in [0.1, 0.15) is 45.1 Å². The molecule has 0 aliphatic heterocycles. The first kappa shape index (κ1) is 14.6. The Bertz CT molecular complexity index is 370. The first-order valence-electron chi connectivity index (χ1n) is 6.55. The van der Waals surface area contributed by atoms with Crippen molar-refractivity contribution < 1.29 is 14.6 Å². The van der Waals surface area contributed by atoms with E-state index in [1.54, 1.807) is 0 Å². The van der Waals surface area contributed by atoms with Crippen LogP contribution in [0.2, 0.25) is 0 Å². The van der Waals surface area contributed by atoms with Crippen LogP contribution in [-0.2, 0) is 4.79 Å². The van der Waals surface area contributed by atoms with Crippen molar-refractivity contribution in [3.05, 3.63) is 29.8 Å². The van der Waals surface area contributed by atoms with E-state index >= 15 is 0 Å². The molecule has 0 aliphatic rings. The molecular weight excluding hydrogens is 228 g/mol. The first-order valence-corrected chi connectivity index (χ1v) is 6.55. The molecule has 2 unspecified atom stereocenters. The summed E-state index contributed by atoms with van der Waals surface area (Å²) in [7, 11) is 0. The minimum absolute atomic E-state index is 0.144. The maximum Gasteiger partial charge on any atom is 0.311 e. The van der Waals surface area contributed by atoms with E-state index < -0.39 is 11.9 Å². The summed E-state index contributed by atoms with van der Waals surface area (Å²) in [6, 6.07) is 7.40. The van der Waals surface area contributed by atoms with Crippen molar-refractivity contribution in [3.8, 4) is 5.75 Å². The number of carboxylic acids is 1. The van der Waals surface area contributed by atoms with Crippen molar-refractivity contribution in [1.82, 2.24) is 0 Å². The third-order valence-electron chi connectivity index (χ3n) is 3.13. The van der Waals surface area contributed by atoms with E-state index in [2.05, 4.69) is 6.92 Å². The quantitative estimate of drug-likeness (QED) is 0.802. The molecule has 0 amide bonds. The second kappa shape index (κ2) is 7.04. The molecular formula is C15H22O3. The van der Waals surface area contributed by atoms with Gasteiger partial charge in [0.25, 0.3) is 0 Å². The smallest absolute Gasteiger partial charge is 0.311 e. The van der Waals surface area contributed by atoms with E-state index in [1.165, 1.54) is 0 Å². The summed E-state index contributed by atoms with van der Waals surface area (Å²) in [6.45, 7) is 6.62. The SMILES string of the molecule is CCCC(C)C(C(=O)O)c1ccc(OCC)cc1. The van der Waals surface area contributed by atoms with Gasteiger partial charge in [0.15, 0.2) is 0 Å². The second-order valence-electron chi connectivity index (χ2n) is 4.58. The van der Waals surface area contributed by atoms with Gasteiger partial charge in [-0.15, -0.1) is 0 Å². The van der Waals surface area contributed by atoms with Gasteiger partial charge >= 0.3 is 5.97 Å². The predicted octanol–water partition coefficient (Wildman–Crippen LogP) is 3.69. The molecule has 0 heterocycles. The number of aliphatic carboxylic acids is 1. The minimum atomic E-state index is -0.750.